The Balaban J connectivity index is 2.63. The quantitative estimate of drug-likeness (QED) is 0.782. The van der Waals surface area contributed by atoms with Crippen LogP contribution in [-0.4, -0.2) is 35.7 Å². The van der Waals surface area contributed by atoms with Crippen LogP contribution >= 0.6 is 0 Å². The van der Waals surface area contributed by atoms with Gasteiger partial charge in [0, 0.05) is 7.05 Å². The lowest BCUT2D eigenvalue weighted by atomic mass is 10.1. The van der Waals surface area contributed by atoms with E-state index < -0.39 is 0 Å². The van der Waals surface area contributed by atoms with Crippen molar-refractivity contribution < 1.29 is 9.47 Å². The lowest BCUT2D eigenvalue weighted by Crippen LogP contribution is -2.11. The molecule has 0 fully saturated rings. The molecule has 0 bridgehead atoms. The maximum Gasteiger partial charge on any atom is 0.324 e. The van der Waals surface area contributed by atoms with Crippen LogP contribution in [0.4, 0.5) is 5.95 Å². The highest BCUT2D eigenvalue weighted by Crippen LogP contribution is 2.13. The zero-order valence-corrected chi connectivity index (χ0v) is 10.9. The van der Waals surface area contributed by atoms with Crippen LogP contribution in [0.2, 0.25) is 0 Å². The molecule has 1 N–H and O–H groups in total. The third kappa shape index (κ3) is 4.42. The highest BCUT2D eigenvalue weighted by atomic mass is 16.5. The minimum Gasteiger partial charge on any atom is -0.467 e. The maximum absolute atomic E-state index is 5.52. The van der Waals surface area contributed by atoms with Gasteiger partial charge < -0.3 is 14.8 Å². The molecule has 17 heavy (non-hydrogen) atoms. The smallest absolute Gasteiger partial charge is 0.324 e. The van der Waals surface area contributed by atoms with Gasteiger partial charge in [-0.2, -0.15) is 9.97 Å². The molecule has 0 aliphatic carbocycles. The molecule has 0 aliphatic heterocycles. The van der Waals surface area contributed by atoms with E-state index in [4.69, 9.17) is 9.47 Å². The van der Waals surface area contributed by atoms with Crippen LogP contribution in [0.3, 0.4) is 0 Å². The van der Waals surface area contributed by atoms with Gasteiger partial charge in [0.1, 0.15) is 0 Å². The minimum absolute atomic E-state index is 0.252. The first-order valence-electron chi connectivity index (χ1n) is 5.80. The van der Waals surface area contributed by atoms with Crippen molar-refractivity contribution in [3.05, 3.63) is 0 Å². The van der Waals surface area contributed by atoms with Crippen molar-refractivity contribution >= 4 is 5.95 Å². The molecule has 0 saturated carbocycles. The predicted molar refractivity (Wildman–Crippen MR) is 65.5 cm³/mol. The molecule has 1 aromatic rings. The molecule has 1 heterocycles. The van der Waals surface area contributed by atoms with Crippen molar-refractivity contribution in [1.82, 2.24) is 15.0 Å². The number of methoxy groups -OCH3 is 1. The van der Waals surface area contributed by atoms with Crippen LogP contribution in [-0.2, 0) is 0 Å². The summed E-state index contributed by atoms with van der Waals surface area (Å²) in [5.74, 6) is 0.927. The van der Waals surface area contributed by atoms with Crippen molar-refractivity contribution in [2.24, 2.45) is 5.92 Å². The zero-order chi connectivity index (χ0) is 12.7. The van der Waals surface area contributed by atoms with Gasteiger partial charge in [-0.3, -0.25) is 0 Å². The van der Waals surface area contributed by atoms with Crippen LogP contribution in [0.15, 0.2) is 0 Å². The van der Waals surface area contributed by atoms with Crippen LogP contribution < -0.4 is 14.8 Å². The Hall–Kier alpha value is -1.59. The fourth-order valence-electron chi connectivity index (χ4n) is 1.40. The first-order chi connectivity index (χ1) is 8.19. The second-order valence-electron chi connectivity index (χ2n) is 3.88. The van der Waals surface area contributed by atoms with Gasteiger partial charge in [-0.1, -0.05) is 20.3 Å². The molecular formula is C11H20N4O2. The number of aromatic nitrogens is 3. The molecule has 6 heteroatoms. The first kappa shape index (κ1) is 13.5. The van der Waals surface area contributed by atoms with E-state index in [-0.39, 0.29) is 6.01 Å². The number of hydrogen-bond acceptors (Lipinski definition) is 6. The number of nitrogens with one attached hydrogen (secondary N) is 1. The Bertz CT molecular complexity index is 324. The standard InChI is InChI=1S/C11H20N4O2/c1-5-6-8(2)7-17-11-14-9(12-3)13-10(15-11)16-4/h8H,5-7H2,1-4H3,(H,12,13,14,15). The summed E-state index contributed by atoms with van der Waals surface area (Å²) in [7, 11) is 3.25. The lowest BCUT2D eigenvalue weighted by Gasteiger charge is -2.11. The molecule has 1 unspecified atom stereocenters. The Labute approximate surface area is 102 Å². The van der Waals surface area contributed by atoms with Crippen LogP contribution in [0.25, 0.3) is 0 Å². The van der Waals surface area contributed by atoms with Gasteiger partial charge in [0.15, 0.2) is 0 Å². The number of rotatable bonds is 7. The summed E-state index contributed by atoms with van der Waals surface area (Å²) in [6.45, 7) is 4.90. The van der Waals surface area contributed by atoms with Crippen LogP contribution in [0.5, 0.6) is 12.0 Å². The van der Waals surface area contributed by atoms with Crippen molar-refractivity contribution in [3.63, 3.8) is 0 Å². The molecule has 0 aromatic carbocycles. The van der Waals surface area contributed by atoms with Gasteiger partial charge in [0.25, 0.3) is 0 Å². The molecule has 1 aromatic heterocycles. The molecule has 0 saturated heterocycles. The molecule has 0 radical (unpaired) electrons. The second kappa shape index (κ2) is 6.88. The summed E-state index contributed by atoms with van der Waals surface area (Å²) < 4.78 is 10.5. The molecule has 6 nitrogen and oxygen atoms in total. The average Bonchev–Trinajstić information content (AvgIpc) is 2.36. The van der Waals surface area contributed by atoms with E-state index in [9.17, 15) is 0 Å². The van der Waals surface area contributed by atoms with Gasteiger partial charge in [-0.25, -0.2) is 0 Å². The molecule has 0 spiro atoms. The summed E-state index contributed by atoms with van der Waals surface area (Å²) in [6, 6.07) is 0.548. The van der Waals surface area contributed by atoms with E-state index >= 15 is 0 Å². The fourth-order valence-corrected chi connectivity index (χ4v) is 1.40. The SMILES string of the molecule is CCCC(C)COc1nc(NC)nc(OC)n1. The van der Waals surface area contributed by atoms with Gasteiger partial charge in [0.2, 0.25) is 5.95 Å². The molecule has 0 aliphatic rings. The number of nitrogens with zero attached hydrogens (tertiary/aromatic N) is 3. The van der Waals surface area contributed by atoms with Gasteiger partial charge in [-0.05, 0) is 12.3 Å². The van der Waals surface area contributed by atoms with Crippen molar-refractivity contribution in [2.45, 2.75) is 26.7 Å². The third-order valence-electron chi connectivity index (χ3n) is 2.28. The largest absolute Gasteiger partial charge is 0.467 e. The fraction of sp³-hybridized carbons (Fsp3) is 0.727. The third-order valence-corrected chi connectivity index (χ3v) is 2.28. The van der Waals surface area contributed by atoms with Crippen LogP contribution in [0.1, 0.15) is 26.7 Å². The van der Waals surface area contributed by atoms with Crippen molar-refractivity contribution in [1.29, 1.82) is 0 Å². The summed E-state index contributed by atoms with van der Waals surface area (Å²) in [6.07, 6.45) is 2.27. The Morgan fingerprint density at radius 3 is 2.53 bits per heavy atom. The van der Waals surface area contributed by atoms with E-state index in [1.54, 1.807) is 7.05 Å². The topological polar surface area (TPSA) is 69.2 Å². The Morgan fingerprint density at radius 1 is 1.24 bits per heavy atom. The van der Waals surface area contributed by atoms with Crippen molar-refractivity contribution in [3.8, 4) is 12.0 Å². The van der Waals surface area contributed by atoms with Gasteiger partial charge >= 0.3 is 12.0 Å². The molecule has 1 atom stereocenters. The monoisotopic (exact) mass is 240 g/mol. The number of ether oxygens (including phenoxy) is 2. The summed E-state index contributed by atoms with van der Waals surface area (Å²) in [5, 5.41) is 2.83. The zero-order valence-electron chi connectivity index (χ0n) is 10.9. The van der Waals surface area contributed by atoms with Crippen LogP contribution in [0, 0.1) is 5.92 Å². The molecule has 1 rings (SSSR count). The normalized spacial score (nSPS) is 12.0. The minimum atomic E-state index is 0.252. The van der Waals surface area contributed by atoms with Gasteiger partial charge in [-0.15, -0.1) is 4.98 Å². The molecular weight excluding hydrogens is 220 g/mol. The van der Waals surface area contributed by atoms with E-state index in [1.165, 1.54) is 7.11 Å². The summed E-state index contributed by atoms with van der Waals surface area (Å²) in [4.78, 5) is 12.1. The molecule has 96 valence electrons. The number of anilines is 1. The second-order valence-corrected chi connectivity index (χ2v) is 3.88. The van der Waals surface area contributed by atoms with E-state index in [0.29, 0.717) is 24.5 Å². The lowest BCUT2D eigenvalue weighted by molar-refractivity contribution is 0.229. The Morgan fingerprint density at radius 2 is 1.94 bits per heavy atom. The van der Waals surface area contributed by atoms with E-state index in [2.05, 4.69) is 34.1 Å². The van der Waals surface area contributed by atoms with Gasteiger partial charge in [0.05, 0.1) is 13.7 Å². The highest BCUT2D eigenvalue weighted by Gasteiger charge is 2.08. The maximum atomic E-state index is 5.52. The Kier molecular flexibility index (Phi) is 5.45. The number of hydrogen-bond donors (Lipinski definition) is 1. The summed E-state index contributed by atoms with van der Waals surface area (Å²) >= 11 is 0. The van der Waals surface area contributed by atoms with E-state index in [0.717, 1.165) is 12.8 Å². The predicted octanol–water partition coefficient (Wildman–Crippen LogP) is 1.74. The highest BCUT2D eigenvalue weighted by molar-refractivity contribution is 5.26. The van der Waals surface area contributed by atoms with Crippen molar-refractivity contribution in [2.75, 3.05) is 26.1 Å². The summed E-state index contributed by atoms with van der Waals surface area (Å²) in [5.41, 5.74) is 0. The first-order valence-corrected chi connectivity index (χ1v) is 5.80. The van der Waals surface area contributed by atoms with E-state index in [1.807, 2.05) is 0 Å². The molecule has 0 amide bonds. The average molecular weight is 240 g/mol.